The Morgan fingerprint density at radius 2 is 2.14 bits per heavy atom. The molecule has 0 radical (unpaired) electrons. The minimum atomic E-state index is -2.92. The van der Waals surface area contributed by atoms with Crippen LogP contribution in [0.25, 0.3) is 21.5 Å². The van der Waals surface area contributed by atoms with Crippen molar-refractivity contribution in [1.82, 2.24) is 14.8 Å². The first kappa shape index (κ1) is 15.6. The van der Waals surface area contributed by atoms with Crippen molar-refractivity contribution in [3.8, 4) is 17.1 Å². The number of benzene rings is 1. The summed E-state index contributed by atoms with van der Waals surface area (Å²) in [5, 5.41) is 5.71. The van der Waals surface area contributed by atoms with E-state index < -0.39 is 6.61 Å². The van der Waals surface area contributed by atoms with Gasteiger partial charge in [-0.1, -0.05) is 11.6 Å². The average molecular weight is 409 g/mol. The molecule has 9 heteroatoms. The van der Waals surface area contributed by atoms with E-state index in [0.29, 0.717) is 26.3 Å². The summed E-state index contributed by atoms with van der Waals surface area (Å²) >= 11 is 10.9. The second-order valence-corrected chi connectivity index (χ2v) is 6.88. The van der Waals surface area contributed by atoms with E-state index in [2.05, 4.69) is 30.7 Å². The molecule has 0 saturated carbocycles. The van der Waals surface area contributed by atoms with Crippen LogP contribution in [0.3, 0.4) is 0 Å². The van der Waals surface area contributed by atoms with Crippen LogP contribution in [0.2, 0.25) is 5.02 Å². The summed E-state index contributed by atoms with van der Waals surface area (Å²) in [6, 6.07) is 3.51. The number of aromatic nitrogens is 3. The van der Waals surface area contributed by atoms with Gasteiger partial charge in [0.2, 0.25) is 5.88 Å². The lowest BCUT2D eigenvalue weighted by atomic mass is 10.1. The van der Waals surface area contributed by atoms with E-state index in [1.165, 1.54) is 23.1 Å². The van der Waals surface area contributed by atoms with Crippen LogP contribution >= 0.6 is 38.9 Å². The van der Waals surface area contributed by atoms with Crippen molar-refractivity contribution in [3.63, 3.8) is 0 Å². The summed E-state index contributed by atoms with van der Waals surface area (Å²) < 4.78 is 31.9. The largest absolute Gasteiger partial charge is 0.416 e. The van der Waals surface area contributed by atoms with Gasteiger partial charge < -0.3 is 4.74 Å². The molecule has 0 N–H and O–H groups in total. The number of hydrogen-bond acceptors (Lipinski definition) is 4. The number of ether oxygens (including phenoxy) is 1. The van der Waals surface area contributed by atoms with E-state index in [9.17, 15) is 8.78 Å². The molecule has 0 bridgehead atoms. The molecule has 2 heterocycles. The molecule has 1 aromatic carbocycles. The fraction of sp³-hybridized carbons (Fsp3) is 0.231. The number of aryl methyl sites for hydroxylation is 2. The van der Waals surface area contributed by atoms with Crippen molar-refractivity contribution in [1.29, 1.82) is 0 Å². The molecule has 0 aliphatic rings. The zero-order valence-corrected chi connectivity index (χ0v) is 14.6. The topological polar surface area (TPSA) is 39.9 Å². The number of rotatable bonds is 3. The van der Waals surface area contributed by atoms with Crippen LogP contribution < -0.4 is 4.74 Å². The van der Waals surface area contributed by atoms with Crippen molar-refractivity contribution >= 4 is 49.1 Å². The molecule has 3 rings (SSSR count). The van der Waals surface area contributed by atoms with Gasteiger partial charge in [0, 0.05) is 12.6 Å². The van der Waals surface area contributed by atoms with Crippen LogP contribution in [0.4, 0.5) is 8.78 Å². The lowest BCUT2D eigenvalue weighted by Gasteiger charge is -2.04. The van der Waals surface area contributed by atoms with Gasteiger partial charge in [0.1, 0.15) is 10.2 Å². The molecule has 22 heavy (non-hydrogen) atoms. The van der Waals surface area contributed by atoms with E-state index in [1.54, 1.807) is 12.1 Å². The van der Waals surface area contributed by atoms with Crippen LogP contribution in [0.15, 0.2) is 16.6 Å². The normalized spacial score (nSPS) is 11.6. The maximum atomic E-state index is 12.5. The molecule has 4 nitrogen and oxygen atoms in total. The Labute approximate surface area is 141 Å². The monoisotopic (exact) mass is 407 g/mol. The van der Waals surface area contributed by atoms with Gasteiger partial charge in [-0.25, -0.2) is 9.67 Å². The van der Waals surface area contributed by atoms with Gasteiger partial charge in [-0.2, -0.15) is 13.9 Å². The minimum absolute atomic E-state index is 0.0416. The molecule has 0 aliphatic heterocycles. The third kappa shape index (κ3) is 2.59. The van der Waals surface area contributed by atoms with E-state index in [-0.39, 0.29) is 5.88 Å². The predicted octanol–water partition coefficient (Wildman–Crippen LogP) is 5.02. The first-order valence-corrected chi connectivity index (χ1v) is 8.10. The van der Waals surface area contributed by atoms with Gasteiger partial charge in [0.05, 0.1) is 20.2 Å². The zero-order valence-electron chi connectivity index (χ0n) is 11.4. The van der Waals surface area contributed by atoms with Gasteiger partial charge in [-0.15, -0.1) is 11.3 Å². The Morgan fingerprint density at radius 1 is 1.41 bits per heavy atom. The summed E-state index contributed by atoms with van der Waals surface area (Å²) in [7, 11) is 1.53. The smallest absolute Gasteiger partial charge is 0.388 e. The number of halogens is 4. The van der Waals surface area contributed by atoms with E-state index in [1.807, 2.05) is 6.92 Å². The fourth-order valence-corrected chi connectivity index (χ4v) is 3.90. The molecule has 116 valence electrons. The Morgan fingerprint density at radius 3 is 2.82 bits per heavy atom. The maximum Gasteiger partial charge on any atom is 0.388 e. The quantitative estimate of drug-likeness (QED) is 0.611. The lowest BCUT2D eigenvalue weighted by molar-refractivity contribution is -0.0558. The highest BCUT2D eigenvalue weighted by molar-refractivity contribution is 9.10. The fourth-order valence-electron chi connectivity index (χ4n) is 2.14. The van der Waals surface area contributed by atoms with Crippen molar-refractivity contribution in [2.24, 2.45) is 7.05 Å². The highest BCUT2D eigenvalue weighted by Crippen LogP contribution is 2.41. The van der Waals surface area contributed by atoms with Crippen LogP contribution in [0.1, 0.15) is 5.01 Å². The molecule has 0 atom stereocenters. The predicted molar refractivity (Wildman–Crippen MR) is 85.9 cm³/mol. The number of nitrogens with zero attached hydrogens (tertiary/aromatic N) is 3. The molecular formula is C13H9BrClF2N3OS. The van der Waals surface area contributed by atoms with Crippen LogP contribution in [-0.4, -0.2) is 21.4 Å². The number of thiazole rings is 1. The summed E-state index contributed by atoms with van der Waals surface area (Å²) in [4.78, 5) is 4.47. The Balaban J connectivity index is 2.22. The second kappa shape index (κ2) is 5.75. The summed E-state index contributed by atoms with van der Waals surface area (Å²) in [6.45, 7) is -1.05. The van der Waals surface area contributed by atoms with Gasteiger partial charge in [0.15, 0.2) is 0 Å². The summed E-state index contributed by atoms with van der Waals surface area (Å²) in [5.74, 6) is -0.0416. The number of fused-ring (bicyclic) bond motifs is 1. The van der Waals surface area contributed by atoms with Gasteiger partial charge >= 0.3 is 6.61 Å². The molecule has 0 aliphatic carbocycles. The summed E-state index contributed by atoms with van der Waals surface area (Å²) in [6.07, 6.45) is 0. The third-order valence-electron chi connectivity index (χ3n) is 3.00. The SMILES string of the molecule is Cc1nc2c(-c3nn(C)c(OC(F)F)c3Br)ccc(Cl)c2s1. The van der Waals surface area contributed by atoms with E-state index >= 15 is 0 Å². The zero-order chi connectivity index (χ0) is 16.0. The Bertz CT molecular complexity index is 865. The van der Waals surface area contributed by atoms with Crippen molar-refractivity contribution < 1.29 is 13.5 Å². The molecule has 0 amide bonds. The third-order valence-corrected chi connectivity index (χ3v) is 5.14. The van der Waals surface area contributed by atoms with Crippen LogP contribution in [0.5, 0.6) is 5.88 Å². The molecule has 2 aromatic heterocycles. The van der Waals surface area contributed by atoms with Crippen molar-refractivity contribution in [3.05, 3.63) is 26.6 Å². The molecule has 0 fully saturated rings. The highest BCUT2D eigenvalue weighted by Gasteiger charge is 2.22. The number of hydrogen-bond donors (Lipinski definition) is 0. The number of alkyl halides is 2. The lowest BCUT2D eigenvalue weighted by Crippen LogP contribution is -2.06. The average Bonchev–Trinajstić information content (AvgIpc) is 2.95. The van der Waals surface area contributed by atoms with Crippen molar-refractivity contribution in [2.45, 2.75) is 13.5 Å². The first-order valence-electron chi connectivity index (χ1n) is 6.11. The standard InChI is InChI=1S/C13H9BrClF2N3OS/c1-5-18-10-6(3-4-7(15)11(10)22-5)9-8(14)12(20(2)19-9)21-13(16)17/h3-4,13H,1-2H3. The van der Waals surface area contributed by atoms with E-state index in [0.717, 1.165) is 9.71 Å². The molecule has 3 aromatic rings. The van der Waals surface area contributed by atoms with E-state index in [4.69, 9.17) is 11.6 Å². The molecule has 0 spiro atoms. The highest BCUT2D eigenvalue weighted by atomic mass is 79.9. The Hall–Kier alpha value is -1.25. The van der Waals surface area contributed by atoms with Crippen LogP contribution in [0, 0.1) is 6.92 Å². The Kier molecular flexibility index (Phi) is 4.09. The second-order valence-electron chi connectivity index (χ2n) is 4.48. The van der Waals surface area contributed by atoms with Gasteiger partial charge in [-0.05, 0) is 35.0 Å². The maximum absolute atomic E-state index is 12.5. The molecular weight excluding hydrogens is 400 g/mol. The molecule has 0 unspecified atom stereocenters. The van der Waals surface area contributed by atoms with Crippen LogP contribution in [-0.2, 0) is 7.05 Å². The molecule has 0 saturated heterocycles. The van der Waals surface area contributed by atoms with Gasteiger partial charge in [0.25, 0.3) is 0 Å². The van der Waals surface area contributed by atoms with Crippen molar-refractivity contribution in [2.75, 3.05) is 0 Å². The minimum Gasteiger partial charge on any atom is -0.416 e. The first-order chi connectivity index (χ1) is 10.4. The van der Waals surface area contributed by atoms with Gasteiger partial charge in [-0.3, -0.25) is 0 Å². The summed E-state index contributed by atoms with van der Waals surface area (Å²) in [5.41, 5.74) is 1.87.